The van der Waals surface area contributed by atoms with Crippen LogP contribution in [0.1, 0.15) is 43.4 Å². The molecule has 0 bridgehead atoms. The molecule has 25 heavy (non-hydrogen) atoms. The number of piperidine rings is 1. The zero-order chi connectivity index (χ0) is 17.6. The van der Waals surface area contributed by atoms with Crippen LogP contribution in [0.2, 0.25) is 0 Å². The monoisotopic (exact) mass is 341 g/mol. The Morgan fingerprint density at radius 1 is 1.24 bits per heavy atom. The summed E-state index contributed by atoms with van der Waals surface area (Å²) >= 11 is 0. The number of nitrogens with zero attached hydrogens (tertiary/aromatic N) is 2. The quantitative estimate of drug-likeness (QED) is 0.906. The Hall–Kier alpha value is -2.27. The number of carbonyl (C=O) groups excluding carboxylic acids is 1. The number of rotatable bonds is 5. The predicted molar refractivity (Wildman–Crippen MR) is 95.2 cm³/mol. The number of carbonyl (C=O) groups is 1. The third kappa shape index (κ3) is 4.63. The summed E-state index contributed by atoms with van der Waals surface area (Å²) < 4.78 is 13.1. The maximum absolute atomic E-state index is 13.1. The van der Waals surface area contributed by atoms with Crippen molar-refractivity contribution in [2.24, 2.45) is 0 Å². The number of amides is 1. The van der Waals surface area contributed by atoms with Crippen LogP contribution in [0.15, 0.2) is 48.8 Å². The van der Waals surface area contributed by atoms with E-state index in [2.05, 4.69) is 15.2 Å². The highest BCUT2D eigenvalue weighted by Gasteiger charge is 2.29. The highest BCUT2D eigenvalue weighted by atomic mass is 19.1. The zero-order valence-electron chi connectivity index (χ0n) is 14.5. The SMILES string of the molecule is C[C@@H](NC(=O)[C@@H]1CCCCN1Cc1ccc(F)cc1)c1ccncc1. The minimum atomic E-state index is -0.233. The molecule has 0 aliphatic carbocycles. The lowest BCUT2D eigenvalue weighted by atomic mass is 9.99. The Kier molecular flexibility index (Phi) is 5.76. The summed E-state index contributed by atoms with van der Waals surface area (Å²) in [5, 5.41) is 3.12. The second kappa shape index (κ2) is 8.21. The van der Waals surface area contributed by atoms with Gasteiger partial charge in [0.25, 0.3) is 0 Å². The van der Waals surface area contributed by atoms with Crippen molar-refractivity contribution in [2.45, 2.75) is 44.8 Å². The van der Waals surface area contributed by atoms with Gasteiger partial charge in [0, 0.05) is 18.9 Å². The third-order valence-corrected chi connectivity index (χ3v) is 4.78. The van der Waals surface area contributed by atoms with Crippen molar-refractivity contribution in [1.29, 1.82) is 0 Å². The van der Waals surface area contributed by atoms with E-state index in [0.717, 1.165) is 36.9 Å². The Balaban J connectivity index is 1.65. The van der Waals surface area contributed by atoms with Crippen LogP contribution in [-0.2, 0) is 11.3 Å². The second-order valence-corrected chi connectivity index (χ2v) is 6.62. The van der Waals surface area contributed by atoms with E-state index >= 15 is 0 Å². The molecule has 1 N–H and O–H groups in total. The van der Waals surface area contributed by atoms with Gasteiger partial charge in [-0.05, 0) is 61.7 Å². The molecule has 0 unspecified atom stereocenters. The van der Waals surface area contributed by atoms with E-state index in [1.54, 1.807) is 24.5 Å². The van der Waals surface area contributed by atoms with Crippen LogP contribution in [0.25, 0.3) is 0 Å². The molecule has 1 aromatic heterocycles. The van der Waals surface area contributed by atoms with Gasteiger partial charge < -0.3 is 5.32 Å². The van der Waals surface area contributed by atoms with Gasteiger partial charge >= 0.3 is 0 Å². The molecule has 5 heteroatoms. The van der Waals surface area contributed by atoms with Crippen molar-refractivity contribution in [3.8, 4) is 0 Å². The van der Waals surface area contributed by atoms with E-state index in [1.165, 1.54) is 12.1 Å². The average molecular weight is 341 g/mol. The van der Waals surface area contributed by atoms with Crippen molar-refractivity contribution < 1.29 is 9.18 Å². The van der Waals surface area contributed by atoms with Crippen LogP contribution >= 0.6 is 0 Å². The maximum Gasteiger partial charge on any atom is 0.237 e. The van der Waals surface area contributed by atoms with E-state index in [4.69, 9.17) is 0 Å². The standard InChI is InChI=1S/C20H24FN3O/c1-15(17-9-11-22-12-10-17)23-20(25)19-4-2-3-13-24(19)14-16-5-7-18(21)8-6-16/h5-12,15,19H,2-4,13-14H2,1H3,(H,23,25)/t15-,19+/m1/s1. The molecular formula is C20H24FN3O. The molecular weight excluding hydrogens is 317 g/mol. The average Bonchev–Trinajstić information content (AvgIpc) is 2.64. The number of hydrogen-bond donors (Lipinski definition) is 1. The predicted octanol–water partition coefficient (Wildman–Crippen LogP) is 3.45. The van der Waals surface area contributed by atoms with Gasteiger partial charge in [0.1, 0.15) is 5.82 Å². The molecule has 2 aromatic rings. The normalized spacial score (nSPS) is 19.4. The van der Waals surface area contributed by atoms with E-state index in [0.29, 0.717) is 6.54 Å². The molecule has 0 spiro atoms. The molecule has 1 amide bonds. The molecule has 0 saturated carbocycles. The molecule has 1 fully saturated rings. The summed E-state index contributed by atoms with van der Waals surface area (Å²) in [6.45, 7) is 3.54. The van der Waals surface area contributed by atoms with Crippen molar-refractivity contribution in [3.63, 3.8) is 0 Å². The molecule has 4 nitrogen and oxygen atoms in total. The Morgan fingerprint density at radius 3 is 2.68 bits per heavy atom. The van der Waals surface area contributed by atoms with Gasteiger partial charge in [0.15, 0.2) is 0 Å². The van der Waals surface area contributed by atoms with E-state index in [1.807, 2.05) is 19.1 Å². The van der Waals surface area contributed by atoms with Crippen molar-refractivity contribution in [3.05, 3.63) is 65.7 Å². The van der Waals surface area contributed by atoms with Gasteiger partial charge in [-0.1, -0.05) is 18.6 Å². The second-order valence-electron chi connectivity index (χ2n) is 6.62. The number of hydrogen-bond acceptors (Lipinski definition) is 3. The van der Waals surface area contributed by atoms with Gasteiger partial charge in [-0.25, -0.2) is 4.39 Å². The third-order valence-electron chi connectivity index (χ3n) is 4.78. The van der Waals surface area contributed by atoms with Crippen LogP contribution in [0, 0.1) is 5.82 Å². The first-order chi connectivity index (χ1) is 12.1. The van der Waals surface area contributed by atoms with Crippen LogP contribution < -0.4 is 5.32 Å². The summed E-state index contributed by atoms with van der Waals surface area (Å²) in [4.78, 5) is 19.0. The highest BCUT2D eigenvalue weighted by molar-refractivity contribution is 5.82. The molecule has 1 aliphatic heterocycles. The van der Waals surface area contributed by atoms with Gasteiger partial charge in [0.05, 0.1) is 12.1 Å². The van der Waals surface area contributed by atoms with Gasteiger partial charge in [0.2, 0.25) is 5.91 Å². The molecule has 132 valence electrons. The maximum atomic E-state index is 13.1. The first-order valence-electron chi connectivity index (χ1n) is 8.82. The van der Waals surface area contributed by atoms with E-state index < -0.39 is 0 Å². The summed E-state index contributed by atoms with van der Waals surface area (Å²) in [6, 6.07) is 10.2. The van der Waals surface area contributed by atoms with Crippen LogP contribution in [-0.4, -0.2) is 28.4 Å². The number of pyridine rings is 1. The van der Waals surface area contributed by atoms with Crippen LogP contribution in [0.4, 0.5) is 4.39 Å². The minimum absolute atomic E-state index is 0.0508. The first-order valence-corrected chi connectivity index (χ1v) is 8.82. The minimum Gasteiger partial charge on any atom is -0.348 e. The van der Waals surface area contributed by atoms with Gasteiger partial charge in [-0.2, -0.15) is 0 Å². The zero-order valence-corrected chi connectivity index (χ0v) is 14.5. The highest BCUT2D eigenvalue weighted by Crippen LogP contribution is 2.21. The summed E-state index contributed by atoms with van der Waals surface area (Å²) in [5.41, 5.74) is 2.08. The van der Waals surface area contributed by atoms with Crippen molar-refractivity contribution in [1.82, 2.24) is 15.2 Å². The topological polar surface area (TPSA) is 45.2 Å². The van der Waals surface area contributed by atoms with Crippen LogP contribution in [0.5, 0.6) is 0 Å². The lowest BCUT2D eigenvalue weighted by Gasteiger charge is -2.35. The molecule has 1 aromatic carbocycles. The molecule has 3 rings (SSSR count). The fourth-order valence-corrected chi connectivity index (χ4v) is 3.35. The first kappa shape index (κ1) is 17.5. The Labute approximate surface area is 148 Å². The molecule has 0 radical (unpaired) electrons. The van der Waals surface area contributed by atoms with Gasteiger partial charge in [-0.15, -0.1) is 0 Å². The van der Waals surface area contributed by atoms with Crippen molar-refractivity contribution in [2.75, 3.05) is 6.54 Å². The Bertz CT molecular complexity index is 690. The smallest absolute Gasteiger partial charge is 0.237 e. The summed E-state index contributed by atoms with van der Waals surface area (Å²) in [7, 11) is 0. The molecule has 1 aliphatic rings. The largest absolute Gasteiger partial charge is 0.348 e. The van der Waals surface area contributed by atoms with Crippen molar-refractivity contribution >= 4 is 5.91 Å². The fraction of sp³-hybridized carbons (Fsp3) is 0.400. The fourth-order valence-electron chi connectivity index (χ4n) is 3.35. The van der Waals surface area contributed by atoms with E-state index in [9.17, 15) is 9.18 Å². The molecule has 2 atom stereocenters. The number of aromatic nitrogens is 1. The number of likely N-dealkylation sites (tertiary alicyclic amines) is 1. The number of benzene rings is 1. The number of nitrogens with one attached hydrogen (secondary N) is 1. The summed E-state index contributed by atoms with van der Waals surface area (Å²) in [6.07, 6.45) is 6.47. The lowest BCUT2D eigenvalue weighted by molar-refractivity contribution is -0.128. The lowest BCUT2D eigenvalue weighted by Crippen LogP contribution is -2.49. The molecule has 2 heterocycles. The van der Waals surface area contributed by atoms with Crippen LogP contribution in [0.3, 0.4) is 0 Å². The van der Waals surface area contributed by atoms with E-state index in [-0.39, 0.29) is 23.8 Å². The van der Waals surface area contributed by atoms with Gasteiger partial charge in [-0.3, -0.25) is 14.7 Å². The number of halogens is 1. The molecule has 1 saturated heterocycles. The summed E-state index contributed by atoms with van der Waals surface area (Å²) in [5.74, 6) is -0.172. The Morgan fingerprint density at radius 2 is 1.96 bits per heavy atom.